The Morgan fingerprint density at radius 2 is 2.25 bits per heavy atom. The van der Waals surface area contributed by atoms with Gasteiger partial charge in [0.1, 0.15) is 5.82 Å². The van der Waals surface area contributed by atoms with Gasteiger partial charge in [0.25, 0.3) is 5.91 Å². The standard InChI is InChI=1S/C10H12FIN2O.ClH/c1-6(5-13)14-10(15)9-7(11)3-2-4-8(9)12;/h2-4,6H,5,13H2,1H3,(H,14,15);1H/t6-;/m1./s1. The van der Waals surface area contributed by atoms with E-state index in [1.807, 2.05) is 22.6 Å². The van der Waals surface area contributed by atoms with Crippen molar-refractivity contribution in [2.75, 3.05) is 6.54 Å². The zero-order chi connectivity index (χ0) is 11.4. The second-order valence-electron chi connectivity index (χ2n) is 3.21. The van der Waals surface area contributed by atoms with E-state index < -0.39 is 11.7 Å². The van der Waals surface area contributed by atoms with E-state index in [4.69, 9.17) is 5.73 Å². The van der Waals surface area contributed by atoms with E-state index in [1.54, 1.807) is 19.1 Å². The maximum atomic E-state index is 13.4. The van der Waals surface area contributed by atoms with Gasteiger partial charge in [-0.15, -0.1) is 12.4 Å². The van der Waals surface area contributed by atoms with Gasteiger partial charge in [-0.3, -0.25) is 4.79 Å². The topological polar surface area (TPSA) is 55.1 Å². The number of nitrogens with one attached hydrogen (secondary N) is 1. The van der Waals surface area contributed by atoms with Gasteiger partial charge in [-0.05, 0) is 41.6 Å². The molecule has 0 bridgehead atoms. The maximum Gasteiger partial charge on any atom is 0.255 e. The van der Waals surface area contributed by atoms with E-state index in [1.165, 1.54) is 6.07 Å². The van der Waals surface area contributed by atoms with E-state index >= 15 is 0 Å². The molecule has 3 N–H and O–H groups in total. The van der Waals surface area contributed by atoms with Crippen LogP contribution in [0.4, 0.5) is 4.39 Å². The van der Waals surface area contributed by atoms with Gasteiger partial charge in [0.2, 0.25) is 0 Å². The van der Waals surface area contributed by atoms with Crippen LogP contribution >= 0.6 is 35.0 Å². The summed E-state index contributed by atoms with van der Waals surface area (Å²) in [6, 6.07) is 4.36. The summed E-state index contributed by atoms with van der Waals surface area (Å²) in [5.41, 5.74) is 5.45. The number of carbonyl (C=O) groups excluding carboxylic acids is 1. The van der Waals surface area contributed by atoms with Crippen LogP contribution in [-0.2, 0) is 0 Å². The van der Waals surface area contributed by atoms with Crippen molar-refractivity contribution >= 4 is 40.9 Å². The van der Waals surface area contributed by atoms with Crippen LogP contribution in [0.25, 0.3) is 0 Å². The lowest BCUT2D eigenvalue weighted by atomic mass is 10.2. The molecule has 0 spiro atoms. The first-order chi connectivity index (χ1) is 7.06. The molecule has 1 aromatic rings. The van der Waals surface area contributed by atoms with Crippen molar-refractivity contribution in [3.05, 3.63) is 33.1 Å². The highest BCUT2D eigenvalue weighted by molar-refractivity contribution is 14.1. The summed E-state index contributed by atoms with van der Waals surface area (Å²) in [5.74, 6) is -0.931. The Morgan fingerprint density at radius 1 is 1.62 bits per heavy atom. The van der Waals surface area contributed by atoms with Crippen LogP contribution < -0.4 is 11.1 Å². The lowest BCUT2D eigenvalue weighted by molar-refractivity contribution is 0.0936. The SMILES string of the molecule is C[C@H](CN)NC(=O)c1c(F)cccc1I.Cl. The largest absolute Gasteiger partial charge is 0.348 e. The Balaban J connectivity index is 0.00000225. The highest BCUT2D eigenvalue weighted by atomic mass is 127. The third kappa shape index (κ3) is 3.88. The molecule has 0 aliphatic carbocycles. The molecule has 0 radical (unpaired) electrons. The van der Waals surface area contributed by atoms with Gasteiger partial charge in [-0.1, -0.05) is 6.07 Å². The summed E-state index contributed by atoms with van der Waals surface area (Å²) >= 11 is 1.93. The summed E-state index contributed by atoms with van der Waals surface area (Å²) in [6.45, 7) is 2.10. The van der Waals surface area contributed by atoms with Gasteiger partial charge in [-0.2, -0.15) is 0 Å². The fraction of sp³-hybridized carbons (Fsp3) is 0.300. The Kier molecular flexibility index (Phi) is 6.85. The third-order valence-electron chi connectivity index (χ3n) is 1.92. The van der Waals surface area contributed by atoms with Crippen LogP contribution in [0, 0.1) is 9.39 Å². The molecular formula is C10H13ClFIN2O. The van der Waals surface area contributed by atoms with Crippen molar-refractivity contribution in [2.45, 2.75) is 13.0 Å². The number of amides is 1. The van der Waals surface area contributed by atoms with Crippen molar-refractivity contribution in [3.63, 3.8) is 0 Å². The minimum Gasteiger partial charge on any atom is -0.348 e. The number of hydrogen-bond donors (Lipinski definition) is 2. The zero-order valence-corrected chi connectivity index (χ0v) is 11.6. The summed E-state index contributed by atoms with van der Waals surface area (Å²) in [4.78, 5) is 11.6. The van der Waals surface area contributed by atoms with Crippen LogP contribution in [0.1, 0.15) is 17.3 Å². The highest BCUT2D eigenvalue weighted by Gasteiger charge is 2.16. The number of rotatable bonds is 3. The first-order valence-corrected chi connectivity index (χ1v) is 5.59. The first-order valence-electron chi connectivity index (χ1n) is 4.51. The van der Waals surface area contributed by atoms with Crippen molar-refractivity contribution in [3.8, 4) is 0 Å². The monoisotopic (exact) mass is 358 g/mol. The number of hydrogen-bond acceptors (Lipinski definition) is 2. The molecule has 0 heterocycles. The molecule has 16 heavy (non-hydrogen) atoms. The first kappa shape index (κ1) is 15.6. The van der Waals surface area contributed by atoms with Gasteiger partial charge in [-0.25, -0.2) is 4.39 Å². The van der Waals surface area contributed by atoms with Crippen molar-refractivity contribution < 1.29 is 9.18 Å². The lowest BCUT2D eigenvalue weighted by Crippen LogP contribution is -2.38. The summed E-state index contributed by atoms with van der Waals surface area (Å²) in [7, 11) is 0. The van der Waals surface area contributed by atoms with E-state index in [0.717, 1.165) is 0 Å². The summed E-state index contributed by atoms with van der Waals surface area (Å²) in [5, 5.41) is 2.62. The highest BCUT2D eigenvalue weighted by Crippen LogP contribution is 2.15. The Morgan fingerprint density at radius 3 is 2.75 bits per heavy atom. The van der Waals surface area contributed by atoms with Crippen LogP contribution in [-0.4, -0.2) is 18.5 Å². The van der Waals surface area contributed by atoms with E-state index in [9.17, 15) is 9.18 Å². The van der Waals surface area contributed by atoms with E-state index in [0.29, 0.717) is 10.1 Å². The second kappa shape index (κ2) is 7.03. The normalized spacial score (nSPS) is 11.5. The van der Waals surface area contributed by atoms with Gasteiger partial charge in [0, 0.05) is 16.2 Å². The molecule has 1 rings (SSSR count). The molecule has 0 saturated carbocycles. The minimum absolute atomic E-state index is 0. The van der Waals surface area contributed by atoms with Crippen molar-refractivity contribution in [2.24, 2.45) is 5.73 Å². The maximum absolute atomic E-state index is 13.4. The molecule has 0 saturated heterocycles. The Hall–Kier alpha value is -0.400. The molecule has 0 aliphatic rings. The van der Waals surface area contributed by atoms with Crippen LogP contribution in [0.2, 0.25) is 0 Å². The third-order valence-corrected chi connectivity index (χ3v) is 2.82. The number of carbonyl (C=O) groups is 1. The van der Waals surface area contributed by atoms with Crippen LogP contribution in [0.3, 0.4) is 0 Å². The van der Waals surface area contributed by atoms with Crippen LogP contribution in [0.15, 0.2) is 18.2 Å². The van der Waals surface area contributed by atoms with Crippen molar-refractivity contribution in [1.29, 1.82) is 0 Å². The predicted molar refractivity (Wildman–Crippen MR) is 72.3 cm³/mol. The number of benzene rings is 1. The summed E-state index contributed by atoms with van der Waals surface area (Å²) < 4.78 is 14.0. The van der Waals surface area contributed by atoms with Crippen molar-refractivity contribution in [1.82, 2.24) is 5.32 Å². The Labute approximate surface area is 114 Å². The molecule has 1 atom stereocenters. The van der Waals surface area contributed by atoms with Gasteiger partial charge in [0.15, 0.2) is 0 Å². The average molecular weight is 359 g/mol. The fourth-order valence-corrected chi connectivity index (χ4v) is 1.78. The van der Waals surface area contributed by atoms with Gasteiger partial charge in [0.05, 0.1) is 5.56 Å². The van der Waals surface area contributed by atoms with E-state index in [2.05, 4.69) is 5.32 Å². The van der Waals surface area contributed by atoms with Gasteiger partial charge >= 0.3 is 0 Å². The molecule has 1 amide bonds. The average Bonchev–Trinajstić information content (AvgIpc) is 2.17. The lowest BCUT2D eigenvalue weighted by Gasteiger charge is -2.12. The fourth-order valence-electron chi connectivity index (χ4n) is 1.07. The van der Waals surface area contributed by atoms with Crippen LogP contribution in [0.5, 0.6) is 0 Å². The molecule has 0 fully saturated rings. The molecule has 90 valence electrons. The smallest absolute Gasteiger partial charge is 0.255 e. The molecule has 0 aromatic heterocycles. The second-order valence-corrected chi connectivity index (χ2v) is 4.37. The molecule has 3 nitrogen and oxygen atoms in total. The zero-order valence-electron chi connectivity index (χ0n) is 8.67. The van der Waals surface area contributed by atoms with Gasteiger partial charge < -0.3 is 11.1 Å². The number of halogens is 3. The molecular weight excluding hydrogens is 345 g/mol. The molecule has 1 aromatic carbocycles. The molecule has 0 unspecified atom stereocenters. The Bertz CT molecular complexity index is 356. The number of nitrogens with two attached hydrogens (primary N) is 1. The predicted octanol–water partition coefficient (Wildman–Crippen LogP) is 1.93. The summed E-state index contributed by atoms with van der Waals surface area (Å²) in [6.07, 6.45) is 0. The van der Waals surface area contributed by atoms with E-state index in [-0.39, 0.29) is 24.0 Å². The minimum atomic E-state index is -0.511. The molecule has 6 heteroatoms. The molecule has 0 aliphatic heterocycles. The quantitative estimate of drug-likeness (QED) is 0.811.